The molecule has 2 amide bonds. The van der Waals surface area contributed by atoms with E-state index in [9.17, 15) is 19.7 Å². The van der Waals surface area contributed by atoms with Crippen LogP contribution in [0, 0.1) is 10.1 Å². The summed E-state index contributed by atoms with van der Waals surface area (Å²) in [4.78, 5) is 35.5. The van der Waals surface area contributed by atoms with Crippen molar-refractivity contribution in [3.05, 3.63) is 28.1 Å². The van der Waals surface area contributed by atoms with Crippen LogP contribution in [-0.2, 0) is 11.3 Å². The molecule has 20 heavy (non-hydrogen) atoms. The zero-order valence-corrected chi connectivity index (χ0v) is 11.2. The molecule has 1 aliphatic rings. The average molecular weight is 280 g/mol. The van der Waals surface area contributed by atoms with E-state index in [0.29, 0.717) is 26.2 Å². The Bertz CT molecular complexity index is 552. The lowest BCUT2D eigenvalue weighted by molar-refractivity contribution is -0.384. The Kier molecular flexibility index (Phi) is 4.02. The Morgan fingerprint density at radius 2 is 2.25 bits per heavy atom. The Morgan fingerprint density at radius 1 is 1.50 bits per heavy atom. The summed E-state index contributed by atoms with van der Waals surface area (Å²) in [5, 5.41) is 13.5. The van der Waals surface area contributed by atoms with Gasteiger partial charge in [-0.15, -0.1) is 0 Å². The van der Waals surface area contributed by atoms with E-state index >= 15 is 0 Å². The van der Waals surface area contributed by atoms with Crippen molar-refractivity contribution >= 4 is 17.5 Å². The van der Waals surface area contributed by atoms with Crippen LogP contribution in [-0.4, -0.2) is 45.8 Å². The SMILES string of the molecule is CCn1cc([N+](=O)[O-])cc1C(=O)N1CCNC(=O)CC1. The normalized spacial score (nSPS) is 15.7. The van der Waals surface area contributed by atoms with E-state index < -0.39 is 4.92 Å². The number of aromatic nitrogens is 1. The molecule has 0 atom stereocenters. The van der Waals surface area contributed by atoms with Gasteiger partial charge in [0.1, 0.15) is 5.69 Å². The number of rotatable bonds is 3. The van der Waals surface area contributed by atoms with Gasteiger partial charge in [0.15, 0.2) is 0 Å². The molecule has 2 heterocycles. The largest absolute Gasteiger partial charge is 0.354 e. The van der Waals surface area contributed by atoms with E-state index in [1.807, 2.05) is 6.92 Å². The van der Waals surface area contributed by atoms with Crippen molar-refractivity contribution in [1.82, 2.24) is 14.8 Å². The summed E-state index contributed by atoms with van der Waals surface area (Å²) in [7, 11) is 0. The summed E-state index contributed by atoms with van der Waals surface area (Å²) < 4.78 is 1.56. The first-order valence-electron chi connectivity index (χ1n) is 6.43. The summed E-state index contributed by atoms with van der Waals surface area (Å²) in [6, 6.07) is 1.28. The van der Waals surface area contributed by atoms with Crippen LogP contribution < -0.4 is 5.32 Å². The molecule has 2 rings (SSSR count). The molecule has 1 aromatic rings. The Hall–Kier alpha value is -2.38. The number of hydrogen-bond donors (Lipinski definition) is 1. The fraction of sp³-hybridized carbons (Fsp3) is 0.500. The van der Waals surface area contributed by atoms with Crippen LogP contribution >= 0.6 is 0 Å². The highest BCUT2D eigenvalue weighted by Crippen LogP contribution is 2.18. The first kappa shape index (κ1) is 14.0. The molecule has 8 nitrogen and oxygen atoms in total. The second kappa shape index (κ2) is 5.72. The molecule has 8 heteroatoms. The van der Waals surface area contributed by atoms with Gasteiger partial charge < -0.3 is 14.8 Å². The van der Waals surface area contributed by atoms with Gasteiger partial charge in [0.2, 0.25) is 5.91 Å². The minimum atomic E-state index is -0.517. The maximum absolute atomic E-state index is 12.4. The van der Waals surface area contributed by atoms with Crippen LogP contribution in [0.3, 0.4) is 0 Å². The van der Waals surface area contributed by atoms with Crippen LogP contribution in [0.15, 0.2) is 12.3 Å². The Labute approximate surface area is 115 Å². The summed E-state index contributed by atoms with van der Waals surface area (Å²) >= 11 is 0. The highest BCUT2D eigenvalue weighted by Gasteiger charge is 2.24. The van der Waals surface area contributed by atoms with Gasteiger partial charge in [-0.2, -0.15) is 0 Å². The lowest BCUT2D eigenvalue weighted by atomic mass is 10.3. The van der Waals surface area contributed by atoms with Crippen LogP contribution in [0.2, 0.25) is 0 Å². The molecule has 0 unspecified atom stereocenters. The summed E-state index contributed by atoms with van der Waals surface area (Å²) in [6.45, 7) is 3.42. The van der Waals surface area contributed by atoms with Gasteiger partial charge in [-0.3, -0.25) is 19.7 Å². The number of amides is 2. The first-order valence-corrected chi connectivity index (χ1v) is 6.43. The molecule has 1 saturated heterocycles. The lowest BCUT2D eigenvalue weighted by Gasteiger charge is -2.19. The quantitative estimate of drug-likeness (QED) is 0.639. The van der Waals surface area contributed by atoms with Gasteiger partial charge in [0.25, 0.3) is 11.6 Å². The van der Waals surface area contributed by atoms with Gasteiger partial charge >= 0.3 is 0 Å². The molecule has 0 radical (unpaired) electrons. The van der Waals surface area contributed by atoms with Gasteiger partial charge in [-0.05, 0) is 6.92 Å². The maximum Gasteiger partial charge on any atom is 0.287 e. The molecule has 0 aliphatic carbocycles. The molecular weight excluding hydrogens is 264 g/mol. The number of nitrogens with one attached hydrogen (secondary N) is 1. The molecule has 0 bridgehead atoms. The molecule has 1 aliphatic heterocycles. The fourth-order valence-corrected chi connectivity index (χ4v) is 2.17. The second-order valence-corrected chi connectivity index (χ2v) is 4.52. The van der Waals surface area contributed by atoms with Gasteiger partial charge in [-0.1, -0.05) is 0 Å². The van der Waals surface area contributed by atoms with E-state index in [4.69, 9.17) is 0 Å². The van der Waals surface area contributed by atoms with Crippen LogP contribution in [0.5, 0.6) is 0 Å². The van der Waals surface area contributed by atoms with Crippen molar-refractivity contribution in [3.63, 3.8) is 0 Å². The van der Waals surface area contributed by atoms with E-state index in [0.717, 1.165) is 0 Å². The summed E-state index contributed by atoms with van der Waals surface area (Å²) in [6.07, 6.45) is 1.61. The van der Waals surface area contributed by atoms with Crippen molar-refractivity contribution < 1.29 is 14.5 Å². The predicted molar refractivity (Wildman–Crippen MR) is 70.3 cm³/mol. The third-order valence-electron chi connectivity index (χ3n) is 3.25. The molecule has 1 fully saturated rings. The molecule has 0 saturated carbocycles. The molecule has 0 spiro atoms. The van der Waals surface area contributed by atoms with E-state index in [1.165, 1.54) is 12.3 Å². The molecule has 108 valence electrons. The average Bonchev–Trinajstić information content (AvgIpc) is 2.74. The van der Waals surface area contributed by atoms with E-state index in [-0.39, 0.29) is 29.6 Å². The highest BCUT2D eigenvalue weighted by molar-refractivity contribution is 5.94. The van der Waals surface area contributed by atoms with Crippen LogP contribution in [0.1, 0.15) is 23.8 Å². The van der Waals surface area contributed by atoms with Gasteiger partial charge in [0, 0.05) is 38.7 Å². The van der Waals surface area contributed by atoms with Crippen molar-refractivity contribution in [1.29, 1.82) is 0 Å². The molecule has 1 aromatic heterocycles. The topological polar surface area (TPSA) is 97.5 Å². The van der Waals surface area contributed by atoms with Crippen LogP contribution in [0.4, 0.5) is 5.69 Å². The predicted octanol–water partition coefficient (Wildman–Crippen LogP) is 0.378. The van der Waals surface area contributed by atoms with E-state index in [1.54, 1.807) is 9.47 Å². The van der Waals surface area contributed by atoms with Crippen LogP contribution in [0.25, 0.3) is 0 Å². The van der Waals surface area contributed by atoms with E-state index in [2.05, 4.69) is 5.32 Å². The van der Waals surface area contributed by atoms with Crippen molar-refractivity contribution in [3.8, 4) is 0 Å². The Morgan fingerprint density at radius 3 is 2.90 bits per heavy atom. The minimum Gasteiger partial charge on any atom is -0.354 e. The number of carbonyl (C=O) groups is 2. The first-order chi connectivity index (χ1) is 9.52. The highest BCUT2D eigenvalue weighted by atomic mass is 16.6. The summed E-state index contributed by atoms with van der Waals surface area (Å²) in [5.41, 5.74) is 0.188. The molecule has 0 aromatic carbocycles. The second-order valence-electron chi connectivity index (χ2n) is 4.52. The maximum atomic E-state index is 12.4. The smallest absolute Gasteiger partial charge is 0.287 e. The number of nitrogens with zero attached hydrogens (tertiary/aromatic N) is 3. The Balaban J connectivity index is 2.23. The van der Waals surface area contributed by atoms with Crippen molar-refractivity contribution in [2.75, 3.05) is 19.6 Å². The standard InChI is InChI=1S/C12H16N4O4/c1-2-14-8-9(16(19)20)7-10(14)12(18)15-5-3-11(17)13-4-6-15/h7-8H,2-6H2,1H3,(H,13,17). The minimum absolute atomic E-state index is 0.0860. The number of hydrogen-bond acceptors (Lipinski definition) is 4. The fourth-order valence-electron chi connectivity index (χ4n) is 2.17. The number of aryl methyl sites for hydroxylation is 1. The van der Waals surface area contributed by atoms with Crippen molar-refractivity contribution in [2.45, 2.75) is 19.9 Å². The van der Waals surface area contributed by atoms with Crippen molar-refractivity contribution in [2.24, 2.45) is 0 Å². The van der Waals surface area contributed by atoms with Gasteiger partial charge in [-0.25, -0.2) is 0 Å². The lowest BCUT2D eigenvalue weighted by Crippen LogP contribution is -2.35. The molecule has 1 N–H and O–H groups in total. The zero-order valence-electron chi connectivity index (χ0n) is 11.2. The number of nitro groups is 1. The third-order valence-corrected chi connectivity index (χ3v) is 3.25. The number of carbonyl (C=O) groups excluding carboxylic acids is 2. The third kappa shape index (κ3) is 2.79. The van der Waals surface area contributed by atoms with Gasteiger partial charge in [0.05, 0.1) is 11.1 Å². The summed E-state index contributed by atoms with van der Waals surface area (Å²) in [5.74, 6) is -0.367. The zero-order chi connectivity index (χ0) is 14.7. The molecular formula is C12H16N4O4. The monoisotopic (exact) mass is 280 g/mol.